The molecule has 1 fully saturated rings. The second-order valence-corrected chi connectivity index (χ2v) is 4.71. The van der Waals surface area contributed by atoms with Gasteiger partial charge in [0, 0.05) is 13.1 Å². The average molecular weight is 258 g/mol. The third-order valence-electron chi connectivity index (χ3n) is 3.28. The Balaban J connectivity index is 1.81. The van der Waals surface area contributed by atoms with Gasteiger partial charge in [-0.3, -0.25) is 4.79 Å². The van der Waals surface area contributed by atoms with E-state index < -0.39 is 0 Å². The zero-order valence-corrected chi connectivity index (χ0v) is 11.0. The molecule has 19 heavy (non-hydrogen) atoms. The first-order chi connectivity index (χ1) is 9.29. The van der Waals surface area contributed by atoms with Crippen LogP contribution in [0, 0.1) is 11.3 Å². The van der Waals surface area contributed by atoms with Gasteiger partial charge in [-0.15, -0.1) is 0 Å². The van der Waals surface area contributed by atoms with Crippen LogP contribution in [0.5, 0.6) is 5.75 Å². The lowest BCUT2D eigenvalue weighted by molar-refractivity contribution is -0.134. The Bertz CT molecular complexity index is 456. The fourth-order valence-electron chi connectivity index (χ4n) is 2.17. The zero-order valence-electron chi connectivity index (χ0n) is 11.0. The summed E-state index contributed by atoms with van der Waals surface area (Å²) in [4.78, 5) is 13.8. The van der Waals surface area contributed by atoms with Gasteiger partial charge in [-0.05, 0) is 37.0 Å². The third kappa shape index (κ3) is 3.99. The molecule has 1 amide bonds. The van der Waals surface area contributed by atoms with Crippen LogP contribution in [0.1, 0.15) is 24.8 Å². The fraction of sp³-hybridized carbons (Fsp3) is 0.467. The van der Waals surface area contributed by atoms with Crippen molar-refractivity contribution >= 4 is 5.91 Å². The van der Waals surface area contributed by atoms with Crippen molar-refractivity contribution in [1.82, 2.24) is 4.90 Å². The number of ether oxygens (including phenoxy) is 1. The molecular weight excluding hydrogens is 240 g/mol. The Morgan fingerprint density at radius 1 is 1.21 bits per heavy atom. The van der Waals surface area contributed by atoms with Gasteiger partial charge in [0.15, 0.2) is 6.61 Å². The number of benzene rings is 1. The summed E-state index contributed by atoms with van der Waals surface area (Å²) < 4.78 is 5.48. The molecule has 0 N–H and O–H groups in total. The van der Waals surface area contributed by atoms with Crippen molar-refractivity contribution in [2.75, 3.05) is 19.7 Å². The lowest BCUT2D eigenvalue weighted by atomic mass is 10.1. The number of nitriles is 1. The molecule has 4 nitrogen and oxygen atoms in total. The number of piperidine rings is 1. The number of amides is 1. The van der Waals surface area contributed by atoms with Crippen molar-refractivity contribution in [1.29, 1.82) is 5.26 Å². The van der Waals surface area contributed by atoms with Gasteiger partial charge in [0.05, 0.1) is 12.5 Å². The van der Waals surface area contributed by atoms with E-state index in [0.717, 1.165) is 31.5 Å². The van der Waals surface area contributed by atoms with Crippen molar-refractivity contribution in [3.8, 4) is 11.8 Å². The van der Waals surface area contributed by atoms with Crippen LogP contribution in [0.3, 0.4) is 0 Å². The van der Waals surface area contributed by atoms with E-state index in [1.807, 2.05) is 17.0 Å². The first-order valence-corrected chi connectivity index (χ1v) is 6.66. The second kappa shape index (κ2) is 6.79. The van der Waals surface area contributed by atoms with Gasteiger partial charge in [-0.1, -0.05) is 12.1 Å². The van der Waals surface area contributed by atoms with Gasteiger partial charge in [0.2, 0.25) is 0 Å². The Morgan fingerprint density at radius 3 is 2.53 bits per heavy atom. The van der Waals surface area contributed by atoms with Gasteiger partial charge in [-0.2, -0.15) is 5.26 Å². The largest absolute Gasteiger partial charge is 0.484 e. The topological polar surface area (TPSA) is 53.3 Å². The van der Waals surface area contributed by atoms with Gasteiger partial charge in [-0.25, -0.2) is 0 Å². The number of hydrogen-bond donors (Lipinski definition) is 0. The first kappa shape index (κ1) is 13.4. The highest BCUT2D eigenvalue weighted by molar-refractivity contribution is 5.77. The highest BCUT2D eigenvalue weighted by atomic mass is 16.5. The van der Waals surface area contributed by atoms with Gasteiger partial charge >= 0.3 is 0 Å². The van der Waals surface area contributed by atoms with Crippen molar-refractivity contribution < 1.29 is 9.53 Å². The van der Waals surface area contributed by atoms with Gasteiger partial charge < -0.3 is 9.64 Å². The number of carbonyl (C=O) groups is 1. The first-order valence-electron chi connectivity index (χ1n) is 6.66. The van der Waals surface area contributed by atoms with Crippen molar-refractivity contribution in [3.63, 3.8) is 0 Å². The lowest BCUT2D eigenvalue weighted by Gasteiger charge is -2.26. The van der Waals surface area contributed by atoms with E-state index in [1.165, 1.54) is 6.42 Å². The predicted molar refractivity (Wildman–Crippen MR) is 71.7 cm³/mol. The molecule has 0 bridgehead atoms. The van der Waals surface area contributed by atoms with Crippen LogP contribution in [0.4, 0.5) is 0 Å². The zero-order chi connectivity index (χ0) is 13.5. The summed E-state index contributed by atoms with van der Waals surface area (Å²) in [6.45, 7) is 1.80. The van der Waals surface area contributed by atoms with Crippen LogP contribution in [-0.4, -0.2) is 30.5 Å². The standard InChI is InChI=1S/C15H18N2O2/c16-9-8-13-4-6-14(7-5-13)19-12-15(18)17-10-2-1-3-11-17/h4-7H,1-3,8,10-12H2. The van der Waals surface area contributed by atoms with Crippen LogP contribution in [-0.2, 0) is 11.2 Å². The Morgan fingerprint density at radius 2 is 1.89 bits per heavy atom. The SMILES string of the molecule is N#CCc1ccc(OCC(=O)N2CCCCC2)cc1. The molecule has 1 heterocycles. The molecule has 1 saturated heterocycles. The molecule has 0 saturated carbocycles. The van der Waals surface area contributed by atoms with Crippen molar-refractivity contribution in [2.24, 2.45) is 0 Å². The second-order valence-electron chi connectivity index (χ2n) is 4.71. The third-order valence-corrected chi connectivity index (χ3v) is 3.28. The number of nitrogens with zero attached hydrogens (tertiary/aromatic N) is 2. The van der Waals surface area contributed by atoms with Crippen LogP contribution < -0.4 is 4.74 Å². The Kier molecular flexibility index (Phi) is 4.79. The summed E-state index contributed by atoms with van der Waals surface area (Å²) in [6, 6.07) is 9.40. The van der Waals surface area contributed by atoms with E-state index in [2.05, 4.69) is 6.07 Å². The molecule has 0 atom stereocenters. The number of carbonyl (C=O) groups excluding carboxylic acids is 1. The Labute approximate surface area is 113 Å². The monoisotopic (exact) mass is 258 g/mol. The molecule has 0 aliphatic carbocycles. The molecule has 1 aliphatic heterocycles. The molecule has 1 aromatic carbocycles. The molecule has 0 radical (unpaired) electrons. The van der Waals surface area contributed by atoms with Crippen LogP contribution in [0.25, 0.3) is 0 Å². The molecule has 2 rings (SSSR count). The van der Waals surface area contributed by atoms with Gasteiger partial charge in [0.25, 0.3) is 5.91 Å². The molecule has 1 aliphatic rings. The minimum absolute atomic E-state index is 0.0563. The van der Waals surface area contributed by atoms with Crippen LogP contribution >= 0.6 is 0 Å². The number of likely N-dealkylation sites (tertiary alicyclic amines) is 1. The average Bonchev–Trinajstić information content (AvgIpc) is 2.47. The van der Waals surface area contributed by atoms with E-state index in [0.29, 0.717) is 12.2 Å². The summed E-state index contributed by atoms with van der Waals surface area (Å²) in [5.41, 5.74) is 0.956. The van der Waals surface area contributed by atoms with Crippen molar-refractivity contribution in [3.05, 3.63) is 29.8 Å². The highest BCUT2D eigenvalue weighted by Crippen LogP contribution is 2.13. The van der Waals surface area contributed by atoms with Crippen LogP contribution in [0.2, 0.25) is 0 Å². The maximum absolute atomic E-state index is 11.9. The van der Waals surface area contributed by atoms with E-state index in [4.69, 9.17) is 10.00 Å². The Hall–Kier alpha value is -2.02. The molecule has 0 aromatic heterocycles. The molecular formula is C15H18N2O2. The van der Waals surface area contributed by atoms with Crippen molar-refractivity contribution in [2.45, 2.75) is 25.7 Å². The lowest BCUT2D eigenvalue weighted by Crippen LogP contribution is -2.38. The summed E-state index contributed by atoms with van der Waals surface area (Å²) in [7, 11) is 0. The fourth-order valence-corrected chi connectivity index (χ4v) is 2.17. The van der Waals surface area contributed by atoms with E-state index >= 15 is 0 Å². The predicted octanol–water partition coefficient (Wildman–Crippen LogP) is 2.14. The maximum atomic E-state index is 11.9. The molecule has 1 aromatic rings. The molecule has 100 valence electrons. The molecule has 0 unspecified atom stereocenters. The smallest absolute Gasteiger partial charge is 0.260 e. The van der Waals surface area contributed by atoms with E-state index in [9.17, 15) is 4.79 Å². The molecule has 0 spiro atoms. The minimum atomic E-state index is 0.0563. The number of hydrogen-bond acceptors (Lipinski definition) is 3. The minimum Gasteiger partial charge on any atom is -0.484 e. The highest BCUT2D eigenvalue weighted by Gasteiger charge is 2.16. The summed E-state index contributed by atoms with van der Waals surface area (Å²) in [6.07, 6.45) is 3.79. The normalized spacial score (nSPS) is 14.8. The maximum Gasteiger partial charge on any atom is 0.260 e. The summed E-state index contributed by atoms with van der Waals surface area (Å²) in [5.74, 6) is 0.729. The summed E-state index contributed by atoms with van der Waals surface area (Å²) in [5, 5.41) is 8.58. The van der Waals surface area contributed by atoms with E-state index in [1.54, 1.807) is 12.1 Å². The number of rotatable bonds is 4. The molecule has 4 heteroatoms. The summed E-state index contributed by atoms with van der Waals surface area (Å²) >= 11 is 0. The quantitative estimate of drug-likeness (QED) is 0.831. The van der Waals surface area contributed by atoms with Crippen LogP contribution in [0.15, 0.2) is 24.3 Å². The van der Waals surface area contributed by atoms with Gasteiger partial charge in [0.1, 0.15) is 5.75 Å². The van der Waals surface area contributed by atoms with E-state index in [-0.39, 0.29) is 12.5 Å².